The molecule has 0 aliphatic carbocycles. The average Bonchev–Trinajstić information content (AvgIpc) is 2.45. The minimum Gasteiger partial charge on any atom is -0.289 e. The molecule has 104 valence electrons. The number of hydrogen-bond donors (Lipinski definition) is 0. The standard InChI is InChI=1S/C15H11F3OS/c1-20-13-9-11(15(16,17)18)7-8-12(13)14(19)10-5-3-2-4-6-10/h2-9H,1H3. The molecule has 0 saturated heterocycles. The van der Waals surface area contributed by atoms with Gasteiger partial charge in [0.15, 0.2) is 5.78 Å². The molecular formula is C15H11F3OS. The lowest BCUT2D eigenvalue weighted by molar-refractivity contribution is -0.137. The highest BCUT2D eigenvalue weighted by Gasteiger charge is 2.31. The van der Waals surface area contributed by atoms with Gasteiger partial charge in [0.1, 0.15) is 0 Å². The Morgan fingerprint density at radius 3 is 2.25 bits per heavy atom. The summed E-state index contributed by atoms with van der Waals surface area (Å²) in [5.41, 5.74) is 0.00530. The Labute approximate surface area is 118 Å². The second kappa shape index (κ2) is 5.71. The fraction of sp³-hybridized carbons (Fsp3) is 0.133. The number of benzene rings is 2. The molecule has 0 aliphatic rings. The van der Waals surface area contributed by atoms with E-state index in [-0.39, 0.29) is 11.3 Å². The van der Waals surface area contributed by atoms with Crippen molar-refractivity contribution >= 4 is 17.5 Å². The third-order valence-electron chi connectivity index (χ3n) is 2.81. The number of rotatable bonds is 3. The van der Waals surface area contributed by atoms with E-state index in [1.807, 2.05) is 0 Å². The molecular weight excluding hydrogens is 285 g/mol. The minimum atomic E-state index is -4.40. The second-order valence-electron chi connectivity index (χ2n) is 4.11. The summed E-state index contributed by atoms with van der Waals surface area (Å²) in [7, 11) is 0. The molecule has 1 nitrogen and oxygen atoms in total. The van der Waals surface area contributed by atoms with Gasteiger partial charge >= 0.3 is 6.18 Å². The van der Waals surface area contributed by atoms with Crippen LogP contribution in [0.15, 0.2) is 53.4 Å². The maximum atomic E-state index is 12.7. The highest BCUT2D eigenvalue weighted by Crippen LogP contribution is 2.33. The van der Waals surface area contributed by atoms with Crippen LogP contribution in [0.25, 0.3) is 0 Å². The van der Waals surface area contributed by atoms with Gasteiger partial charge in [-0.25, -0.2) is 0 Å². The predicted octanol–water partition coefficient (Wildman–Crippen LogP) is 4.66. The Morgan fingerprint density at radius 1 is 1.05 bits per heavy atom. The van der Waals surface area contributed by atoms with Crippen LogP contribution in [0.5, 0.6) is 0 Å². The molecule has 0 fully saturated rings. The van der Waals surface area contributed by atoms with Crippen molar-refractivity contribution < 1.29 is 18.0 Å². The molecule has 2 aromatic rings. The lowest BCUT2D eigenvalue weighted by atomic mass is 10.0. The Hall–Kier alpha value is -1.75. The molecule has 0 aliphatic heterocycles. The molecule has 0 radical (unpaired) electrons. The van der Waals surface area contributed by atoms with Crippen LogP contribution in [0.2, 0.25) is 0 Å². The van der Waals surface area contributed by atoms with Gasteiger partial charge in [0.05, 0.1) is 5.56 Å². The van der Waals surface area contributed by atoms with Crippen molar-refractivity contribution in [3.8, 4) is 0 Å². The van der Waals surface area contributed by atoms with Gasteiger partial charge in [0, 0.05) is 16.0 Å². The summed E-state index contributed by atoms with van der Waals surface area (Å²) < 4.78 is 38.0. The first kappa shape index (κ1) is 14.7. The Balaban J connectivity index is 2.45. The molecule has 0 bridgehead atoms. The fourth-order valence-corrected chi connectivity index (χ4v) is 2.43. The quantitative estimate of drug-likeness (QED) is 0.605. The summed E-state index contributed by atoms with van der Waals surface area (Å²) in [4.78, 5) is 12.6. The molecule has 0 heterocycles. The topological polar surface area (TPSA) is 17.1 Å². The molecule has 0 unspecified atom stereocenters. The van der Waals surface area contributed by atoms with E-state index in [9.17, 15) is 18.0 Å². The van der Waals surface area contributed by atoms with Crippen LogP contribution in [0.3, 0.4) is 0 Å². The van der Waals surface area contributed by atoms with E-state index in [0.29, 0.717) is 10.5 Å². The van der Waals surface area contributed by atoms with Crippen LogP contribution in [0, 0.1) is 0 Å². The van der Waals surface area contributed by atoms with Gasteiger partial charge in [-0.3, -0.25) is 4.79 Å². The lowest BCUT2D eigenvalue weighted by Gasteiger charge is -2.11. The molecule has 20 heavy (non-hydrogen) atoms. The zero-order valence-corrected chi connectivity index (χ0v) is 11.4. The van der Waals surface area contributed by atoms with Crippen LogP contribution >= 0.6 is 11.8 Å². The Bertz CT molecular complexity index is 621. The van der Waals surface area contributed by atoms with Crippen LogP contribution < -0.4 is 0 Å². The van der Waals surface area contributed by atoms with Crippen molar-refractivity contribution in [2.75, 3.05) is 6.26 Å². The largest absolute Gasteiger partial charge is 0.416 e. The average molecular weight is 296 g/mol. The van der Waals surface area contributed by atoms with Gasteiger partial charge in [0.25, 0.3) is 0 Å². The van der Waals surface area contributed by atoms with Crippen LogP contribution in [0.4, 0.5) is 13.2 Å². The summed E-state index contributed by atoms with van der Waals surface area (Å²) in [6, 6.07) is 11.7. The number of ketones is 1. The second-order valence-corrected chi connectivity index (χ2v) is 4.96. The minimum absolute atomic E-state index is 0.274. The van der Waals surface area contributed by atoms with Crippen LogP contribution in [-0.4, -0.2) is 12.0 Å². The van der Waals surface area contributed by atoms with E-state index in [4.69, 9.17) is 0 Å². The summed E-state index contributed by atoms with van der Waals surface area (Å²) in [5.74, 6) is -0.274. The molecule has 0 N–H and O–H groups in total. The van der Waals surface area contributed by atoms with Gasteiger partial charge in [-0.05, 0) is 24.5 Å². The van der Waals surface area contributed by atoms with Crippen molar-refractivity contribution in [3.05, 3.63) is 65.2 Å². The SMILES string of the molecule is CSc1cc(C(F)(F)F)ccc1C(=O)c1ccccc1. The van der Waals surface area contributed by atoms with E-state index in [2.05, 4.69) is 0 Å². The number of alkyl halides is 3. The van der Waals surface area contributed by atoms with Gasteiger partial charge in [-0.2, -0.15) is 13.2 Å². The zero-order chi connectivity index (χ0) is 14.8. The van der Waals surface area contributed by atoms with Gasteiger partial charge < -0.3 is 0 Å². The first-order valence-electron chi connectivity index (χ1n) is 5.78. The Morgan fingerprint density at radius 2 is 1.70 bits per heavy atom. The molecule has 0 amide bonds. The molecule has 0 atom stereocenters. The van der Waals surface area contributed by atoms with E-state index in [1.54, 1.807) is 36.6 Å². The normalized spacial score (nSPS) is 11.4. The van der Waals surface area contributed by atoms with Gasteiger partial charge in [-0.1, -0.05) is 30.3 Å². The van der Waals surface area contributed by atoms with Crippen molar-refractivity contribution in [1.29, 1.82) is 0 Å². The maximum Gasteiger partial charge on any atom is 0.416 e. The third-order valence-corrected chi connectivity index (χ3v) is 3.59. The van der Waals surface area contributed by atoms with Gasteiger partial charge in [0.2, 0.25) is 0 Å². The summed E-state index contributed by atoms with van der Waals surface area (Å²) in [5, 5.41) is 0. The smallest absolute Gasteiger partial charge is 0.289 e. The third kappa shape index (κ3) is 3.04. The number of carbonyl (C=O) groups excluding carboxylic acids is 1. The highest BCUT2D eigenvalue weighted by molar-refractivity contribution is 7.98. The molecule has 2 aromatic carbocycles. The van der Waals surface area contributed by atoms with Crippen molar-refractivity contribution in [2.24, 2.45) is 0 Å². The first-order chi connectivity index (χ1) is 9.43. The van der Waals surface area contributed by atoms with Crippen LogP contribution in [-0.2, 0) is 6.18 Å². The van der Waals surface area contributed by atoms with Crippen molar-refractivity contribution in [3.63, 3.8) is 0 Å². The first-order valence-corrected chi connectivity index (χ1v) is 7.01. The maximum absolute atomic E-state index is 12.7. The van der Waals surface area contributed by atoms with Crippen molar-refractivity contribution in [2.45, 2.75) is 11.1 Å². The van der Waals surface area contributed by atoms with Crippen LogP contribution in [0.1, 0.15) is 21.5 Å². The lowest BCUT2D eigenvalue weighted by Crippen LogP contribution is -2.08. The van der Waals surface area contributed by atoms with E-state index in [0.717, 1.165) is 23.9 Å². The summed E-state index contributed by atoms with van der Waals surface area (Å²) in [6.45, 7) is 0. The number of hydrogen-bond acceptors (Lipinski definition) is 2. The Kier molecular flexibility index (Phi) is 4.18. The number of thioether (sulfide) groups is 1. The molecule has 0 spiro atoms. The molecule has 2 rings (SSSR count). The van der Waals surface area contributed by atoms with E-state index >= 15 is 0 Å². The number of halogens is 3. The van der Waals surface area contributed by atoms with Gasteiger partial charge in [-0.15, -0.1) is 11.8 Å². The monoisotopic (exact) mass is 296 g/mol. The van der Waals surface area contributed by atoms with E-state index < -0.39 is 11.7 Å². The summed E-state index contributed by atoms with van der Waals surface area (Å²) >= 11 is 1.13. The summed E-state index contributed by atoms with van der Waals surface area (Å²) in [6.07, 6.45) is -2.75. The predicted molar refractivity (Wildman–Crippen MR) is 73.1 cm³/mol. The fourth-order valence-electron chi connectivity index (χ4n) is 1.80. The highest BCUT2D eigenvalue weighted by atomic mass is 32.2. The van der Waals surface area contributed by atoms with E-state index in [1.165, 1.54) is 6.07 Å². The molecule has 0 aromatic heterocycles. The van der Waals surface area contributed by atoms with Crippen molar-refractivity contribution in [1.82, 2.24) is 0 Å². The number of carbonyl (C=O) groups is 1. The molecule has 5 heteroatoms. The molecule has 0 saturated carbocycles. The zero-order valence-electron chi connectivity index (χ0n) is 10.6.